The maximum atomic E-state index is 14.1. The summed E-state index contributed by atoms with van der Waals surface area (Å²) in [5.41, 5.74) is 0.633. The van der Waals surface area contributed by atoms with Crippen molar-refractivity contribution in [3.63, 3.8) is 0 Å². The molecule has 0 saturated carbocycles. The number of carbonyl (C=O) groups excluding carboxylic acids is 1. The average Bonchev–Trinajstić information content (AvgIpc) is 3.04. The summed E-state index contributed by atoms with van der Waals surface area (Å²) in [5, 5.41) is 14.1. The number of amides is 1. The van der Waals surface area contributed by atoms with Crippen LogP contribution in [0, 0.1) is 12.7 Å². The second-order valence-electron chi connectivity index (χ2n) is 5.51. The highest BCUT2D eigenvalue weighted by Crippen LogP contribution is 2.26. The molecule has 1 atom stereocenters. The number of nitrogens with one attached hydrogen (secondary N) is 1. The lowest BCUT2D eigenvalue weighted by molar-refractivity contribution is -0.115. The van der Waals surface area contributed by atoms with E-state index < -0.39 is 5.82 Å². The number of rotatable bonds is 5. The highest BCUT2D eigenvalue weighted by Gasteiger charge is 2.16. The zero-order valence-electron chi connectivity index (χ0n) is 14.0. The Morgan fingerprint density at radius 3 is 2.65 bits per heavy atom. The SMILES string of the molecule is Cc1nnnn1-c1cc(NC(=O)C(C)Sc2ccc(Cl)cc2)ccc1F. The number of aromatic nitrogens is 4. The van der Waals surface area contributed by atoms with E-state index in [4.69, 9.17) is 11.6 Å². The molecule has 1 aromatic heterocycles. The number of hydrogen-bond donors (Lipinski definition) is 1. The van der Waals surface area contributed by atoms with E-state index in [0.717, 1.165) is 4.90 Å². The summed E-state index contributed by atoms with van der Waals surface area (Å²) in [4.78, 5) is 13.4. The fraction of sp³-hybridized carbons (Fsp3) is 0.176. The van der Waals surface area contributed by atoms with Crippen LogP contribution in [0.25, 0.3) is 5.69 Å². The van der Waals surface area contributed by atoms with Crippen LogP contribution >= 0.6 is 23.4 Å². The molecule has 1 N–H and O–H groups in total. The van der Waals surface area contributed by atoms with Gasteiger partial charge in [0.25, 0.3) is 0 Å². The normalized spacial score (nSPS) is 12.0. The molecule has 0 aliphatic carbocycles. The number of halogens is 2. The Balaban J connectivity index is 1.73. The number of hydrogen-bond acceptors (Lipinski definition) is 5. The quantitative estimate of drug-likeness (QED) is 0.668. The van der Waals surface area contributed by atoms with Crippen LogP contribution in [0.1, 0.15) is 12.7 Å². The second kappa shape index (κ2) is 7.84. The number of carbonyl (C=O) groups is 1. The summed E-state index contributed by atoms with van der Waals surface area (Å²) in [7, 11) is 0. The van der Waals surface area contributed by atoms with E-state index in [2.05, 4.69) is 20.8 Å². The van der Waals surface area contributed by atoms with Crippen LogP contribution in [-0.4, -0.2) is 31.4 Å². The molecule has 0 spiro atoms. The van der Waals surface area contributed by atoms with Crippen molar-refractivity contribution in [2.24, 2.45) is 0 Å². The number of tetrazole rings is 1. The van der Waals surface area contributed by atoms with Crippen LogP contribution in [-0.2, 0) is 4.79 Å². The highest BCUT2D eigenvalue weighted by atomic mass is 35.5. The minimum Gasteiger partial charge on any atom is -0.325 e. The van der Waals surface area contributed by atoms with Crippen LogP contribution < -0.4 is 5.32 Å². The Bertz CT molecular complexity index is 931. The number of benzene rings is 2. The largest absolute Gasteiger partial charge is 0.325 e. The van der Waals surface area contributed by atoms with E-state index in [1.807, 2.05) is 12.1 Å². The summed E-state index contributed by atoms with van der Waals surface area (Å²) in [6.07, 6.45) is 0. The van der Waals surface area contributed by atoms with E-state index >= 15 is 0 Å². The van der Waals surface area contributed by atoms with Crippen molar-refractivity contribution in [2.45, 2.75) is 24.0 Å². The van der Waals surface area contributed by atoms with Gasteiger partial charge in [-0.05, 0) is 66.7 Å². The van der Waals surface area contributed by atoms with Gasteiger partial charge in [-0.25, -0.2) is 4.39 Å². The van der Waals surface area contributed by atoms with Gasteiger partial charge in [0.2, 0.25) is 5.91 Å². The molecule has 0 aliphatic heterocycles. The number of aryl methyl sites for hydroxylation is 1. The molecule has 26 heavy (non-hydrogen) atoms. The summed E-state index contributed by atoms with van der Waals surface area (Å²) < 4.78 is 15.4. The fourth-order valence-electron chi connectivity index (χ4n) is 2.22. The molecule has 0 fully saturated rings. The lowest BCUT2D eigenvalue weighted by atomic mass is 10.2. The van der Waals surface area contributed by atoms with Gasteiger partial charge in [0.1, 0.15) is 11.5 Å². The zero-order chi connectivity index (χ0) is 18.7. The number of anilines is 1. The average molecular weight is 392 g/mol. The zero-order valence-corrected chi connectivity index (χ0v) is 15.6. The van der Waals surface area contributed by atoms with Crippen molar-refractivity contribution in [3.05, 3.63) is 59.1 Å². The molecule has 0 bridgehead atoms. The molecule has 9 heteroatoms. The van der Waals surface area contributed by atoms with Gasteiger partial charge in [0.15, 0.2) is 5.82 Å². The maximum absolute atomic E-state index is 14.1. The molecule has 0 radical (unpaired) electrons. The number of nitrogens with zero attached hydrogens (tertiary/aromatic N) is 4. The van der Waals surface area contributed by atoms with Crippen molar-refractivity contribution in [1.29, 1.82) is 0 Å². The lowest BCUT2D eigenvalue weighted by Crippen LogP contribution is -2.22. The predicted octanol–water partition coefficient (Wildman–Crippen LogP) is 3.88. The molecule has 134 valence electrons. The smallest absolute Gasteiger partial charge is 0.237 e. The van der Waals surface area contributed by atoms with Crippen LogP contribution in [0.5, 0.6) is 0 Å². The molecule has 1 unspecified atom stereocenters. The molecule has 6 nitrogen and oxygen atoms in total. The topological polar surface area (TPSA) is 72.7 Å². The lowest BCUT2D eigenvalue weighted by Gasteiger charge is -2.13. The first-order valence-corrected chi connectivity index (χ1v) is 8.98. The summed E-state index contributed by atoms with van der Waals surface area (Å²) in [5.74, 6) is -0.239. The van der Waals surface area contributed by atoms with Gasteiger partial charge in [-0.1, -0.05) is 11.6 Å². The predicted molar refractivity (Wildman–Crippen MR) is 99.2 cm³/mol. The van der Waals surface area contributed by atoms with Crippen LogP contribution in [0.3, 0.4) is 0 Å². The Morgan fingerprint density at radius 1 is 1.27 bits per heavy atom. The maximum Gasteiger partial charge on any atom is 0.237 e. The van der Waals surface area contributed by atoms with Gasteiger partial charge in [-0.2, -0.15) is 4.68 Å². The van der Waals surface area contributed by atoms with Crippen LogP contribution in [0.15, 0.2) is 47.4 Å². The second-order valence-corrected chi connectivity index (χ2v) is 7.36. The molecule has 0 aliphatic rings. The summed E-state index contributed by atoms with van der Waals surface area (Å²) in [6.45, 7) is 3.46. The van der Waals surface area contributed by atoms with Gasteiger partial charge < -0.3 is 5.32 Å². The van der Waals surface area contributed by atoms with E-state index in [0.29, 0.717) is 16.5 Å². The third-order valence-corrected chi connectivity index (χ3v) is 4.93. The molecule has 0 saturated heterocycles. The number of thioether (sulfide) groups is 1. The van der Waals surface area contributed by atoms with Gasteiger partial charge >= 0.3 is 0 Å². The standard InChI is InChI=1S/C17H15ClFN5OS/c1-10(26-14-6-3-12(18)4-7-14)17(25)20-13-5-8-15(19)16(9-13)24-11(2)21-22-23-24/h3-10H,1-2H3,(H,20,25). The van der Waals surface area contributed by atoms with Gasteiger partial charge in [0.05, 0.1) is 5.25 Å². The third kappa shape index (κ3) is 4.20. The van der Waals surface area contributed by atoms with E-state index in [9.17, 15) is 9.18 Å². The first-order valence-electron chi connectivity index (χ1n) is 7.72. The molecule has 1 heterocycles. The van der Waals surface area contributed by atoms with Crippen LogP contribution in [0.4, 0.5) is 10.1 Å². The van der Waals surface area contributed by atoms with Gasteiger partial charge in [-0.15, -0.1) is 16.9 Å². The van der Waals surface area contributed by atoms with Crippen molar-refractivity contribution >= 4 is 35.0 Å². The first-order chi connectivity index (χ1) is 12.4. The Hall–Kier alpha value is -2.45. The monoisotopic (exact) mass is 391 g/mol. The summed E-state index contributed by atoms with van der Waals surface area (Å²) in [6, 6.07) is 11.5. The first kappa shape index (κ1) is 18.3. The molecule has 3 rings (SSSR count). The Kier molecular flexibility index (Phi) is 5.53. The van der Waals surface area contributed by atoms with E-state index in [1.165, 1.54) is 34.6 Å². The molecule has 3 aromatic rings. The molecular formula is C17H15ClFN5OS. The van der Waals surface area contributed by atoms with E-state index in [1.54, 1.807) is 26.0 Å². The molecular weight excluding hydrogens is 377 g/mol. The fourth-order valence-corrected chi connectivity index (χ4v) is 3.22. The van der Waals surface area contributed by atoms with Crippen molar-refractivity contribution in [1.82, 2.24) is 20.2 Å². The highest BCUT2D eigenvalue weighted by molar-refractivity contribution is 8.00. The minimum atomic E-state index is -0.484. The molecule has 2 aromatic carbocycles. The van der Waals surface area contributed by atoms with Crippen molar-refractivity contribution in [2.75, 3.05) is 5.32 Å². The van der Waals surface area contributed by atoms with Gasteiger partial charge in [-0.3, -0.25) is 4.79 Å². The van der Waals surface area contributed by atoms with Crippen molar-refractivity contribution in [3.8, 4) is 5.69 Å². The molecule has 1 amide bonds. The minimum absolute atomic E-state index is 0.170. The Labute approximate surface area is 158 Å². The Morgan fingerprint density at radius 2 is 2.00 bits per heavy atom. The van der Waals surface area contributed by atoms with Crippen LogP contribution in [0.2, 0.25) is 5.02 Å². The third-order valence-electron chi connectivity index (χ3n) is 3.56. The van der Waals surface area contributed by atoms with Crippen molar-refractivity contribution < 1.29 is 9.18 Å². The van der Waals surface area contributed by atoms with Gasteiger partial charge in [0, 0.05) is 15.6 Å². The summed E-state index contributed by atoms with van der Waals surface area (Å²) >= 11 is 7.27. The van der Waals surface area contributed by atoms with E-state index in [-0.39, 0.29) is 16.8 Å².